The van der Waals surface area contributed by atoms with Crippen molar-refractivity contribution in [3.63, 3.8) is 0 Å². The van der Waals surface area contributed by atoms with Gasteiger partial charge in [-0.25, -0.2) is 4.39 Å². The predicted octanol–water partition coefficient (Wildman–Crippen LogP) is 2.37. The molecular weight excluding hydrogens is 229 g/mol. The molecule has 0 aliphatic rings. The van der Waals surface area contributed by atoms with E-state index in [1.807, 2.05) is 38.5 Å². The fourth-order valence-electron chi connectivity index (χ4n) is 2.05. The third kappa shape index (κ3) is 2.76. The number of aryl methyl sites for hydroxylation is 2. The zero-order valence-corrected chi connectivity index (χ0v) is 10.9. The Kier molecular flexibility index (Phi) is 3.77. The Morgan fingerprint density at radius 2 is 2.17 bits per heavy atom. The van der Waals surface area contributed by atoms with Crippen LogP contribution in [-0.4, -0.2) is 16.8 Å². The van der Waals surface area contributed by atoms with Crippen LogP contribution in [0.5, 0.6) is 0 Å². The molecule has 1 heterocycles. The molecule has 18 heavy (non-hydrogen) atoms. The molecule has 1 N–H and O–H groups in total. The lowest BCUT2D eigenvalue weighted by molar-refractivity contribution is 0.571. The van der Waals surface area contributed by atoms with E-state index in [1.165, 1.54) is 6.07 Å². The summed E-state index contributed by atoms with van der Waals surface area (Å²) in [5.41, 5.74) is 2.79. The molecule has 96 valence electrons. The third-order valence-corrected chi connectivity index (χ3v) is 3.11. The van der Waals surface area contributed by atoms with Crippen LogP contribution in [-0.2, 0) is 13.5 Å². The minimum Gasteiger partial charge on any atom is -0.313 e. The van der Waals surface area contributed by atoms with E-state index in [2.05, 4.69) is 10.4 Å². The molecule has 2 rings (SSSR count). The minimum absolute atomic E-state index is 0.152. The fourth-order valence-corrected chi connectivity index (χ4v) is 2.05. The largest absolute Gasteiger partial charge is 0.313 e. The first-order valence-electron chi connectivity index (χ1n) is 6.02. The van der Waals surface area contributed by atoms with E-state index in [0.29, 0.717) is 5.56 Å². The summed E-state index contributed by atoms with van der Waals surface area (Å²) in [4.78, 5) is 0. The van der Waals surface area contributed by atoms with Gasteiger partial charge in [0, 0.05) is 25.7 Å². The summed E-state index contributed by atoms with van der Waals surface area (Å²) in [5.74, 6) is -0.161. The van der Waals surface area contributed by atoms with Gasteiger partial charge in [-0.15, -0.1) is 0 Å². The Morgan fingerprint density at radius 1 is 1.39 bits per heavy atom. The summed E-state index contributed by atoms with van der Waals surface area (Å²) < 4.78 is 15.0. The normalized spacial score (nSPS) is 12.7. The Bertz CT molecular complexity index is 534. The van der Waals surface area contributed by atoms with E-state index in [1.54, 1.807) is 11.6 Å². The second-order valence-corrected chi connectivity index (χ2v) is 4.53. The third-order valence-electron chi connectivity index (χ3n) is 3.11. The van der Waals surface area contributed by atoms with Crippen LogP contribution in [0.4, 0.5) is 4.39 Å². The fraction of sp³-hybridized carbons (Fsp3) is 0.357. The summed E-state index contributed by atoms with van der Waals surface area (Å²) in [5, 5.41) is 7.62. The summed E-state index contributed by atoms with van der Waals surface area (Å²) in [6.45, 7) is 1.78. The first kappa shape index (κ1) is 12.8. The van der Waals surface area contributed by atoms with Gasteiger partial charge in [0.15, 0.2) is 0 Å². The number of likely N-dealkylation sites (N-methyl/N-ethyl adjacent to an activating group) is 1. The SMILES string of the molecule is CNC(Cc1ccn(C)n1)c1ccc(F)c(C)c1. The molecule has 2 aromatic rings. The van der Waals surface area contributed by atoms with Crippen LogP contribution in [0.1, 0.15) is 22.9 Å². The summed E-state index contributed by atoms with van der Waals surface area (Å²) in [6, 6.07) is 7.39. The number of rotatable bonds is 4. The van der Waals surface area contributed by atoms with Gasteiger partial charge in [0.05, 0.1) is 5.69 Å². The predicted molar refractivity (Wildman–Crippen MR) is 69.8 cm³/mol. The van der Waals surface area contributed by atoms with Gasteiger partial charge < -0.3 is 5.32 Å². The van der Waals surface area contributed by atoms with Crippen molar-refractivity contribution < 1.29 is 4.39 Å². The molecular formula is C14H18FN3. The molecule has 0 amide bonds. The molecule has 0 aliphatic heterocycles. The number of nitrogens with one attached hydrogen (secondary N) is 1. The van der Waals surface area contributed by atoms with Crippen molar-refractivity contribution in [1.82, 2.24) is 15.1 Å². The first-order valence-corrected chi connectivity index (χ1v) is 6.02. The lowest BCUT2D eigenvalue weighted by Crippen LogP contribution is -2.19. The summed E-state index contributed by atoms with van der Waals surface area (Å²) in [6.07, 6.45) is 2.72. The highest BCUT2D eigenvalue weighted by Crippen LogP contribution is 2.19. The van der Waals surface area contributed by atoms with Crippen molar-refractivity contribution in [2.24, 2.45) is 7.05 Å². The van der Waals surface area contributed by atoms with E-state index >= 15 is 0 Å². The zero-order chi connectivity index (χ0) is 13.1. The average Bonchev–Trinajstić information content (AvgIpc) is 2.75. The van der Waals surface area contributed by atoms with Gasteiger partial charge in [-0.1, -0.05) is 12.1 Å². The number of nitrogens with zero attached hydrogens (tertiary/aromatic N) is 2. The molecule has 0 saturated heterocycles. The van der Waals surface area contributed by atoms with Crippen LogP contribution >= 0.6 is 0 Å². The van der Waals surface area contributed by atoms with Gasteiger partial charge in [-0.3, -0.25) is 4.68 Å². The summed E-state index contributed by atoms with van der Waals surface area (Å²) in [7, 11) is 3.81. The molecule has 0 spiro atoms. The highest BCUT2D eigenvalue weighted by molar-refractivity contribution is 5.27. The van der Waals surface area contributed by atoms with Crippen molar-refractivity contribution in [3.8, 4) is 0 Å². The Morgan fingerprint density at radius 3 is 2.72 bits per heavy atom. The van der Waals surface area contributed by atoms with E-state index in [0.717, 1.165) is 17.7 Å². The van der Waals surface area contributed by atoms with Crippen molar-refractivity contribution in [1.29, 1.82) is 0 Å². The Hall–Kier alpha value is -1.68. The molecule has 0 bridgehead atoms. The molecule has 1 aromatic heterocycles. The topological polar surface area (TPSA) is 29.9 Å². The number of hydrogen-bond acceptors (Lipinski definition) is 2. The van der Waals surface area contributed by atoms with Crippen molar-refractivity contribution in [2.75, 3.05) is 7.05 Å². The maximum Gasteiger partial charge on any atom is 0.126 e. The van der Waals surface area contributed by atoms with Gasteiger partial charge >= 0.3 is 0 Å². The van der Waals surface area contributed by atoms with E-state index < -0.39 is 0 Å². The van der Waals surface area contributed by atoms with Crippen LogP contribution in [0, 0.1) is 12.7 Å². The van der Waals surface area contributed by atoms with Crippen LogP contribution in [0.15, 0.2) is 30.5 Å². The van der Waals surface area contributed by atoms with Gasteiger partial charge in [0.2, 0.25) is 0 Å². The van der Waals surface area contributed by atoms with E-state index in [9.17, 15) is 4.39 Å². The van der Waals surface area contributed by atoms with Crippen molar-refractivity contribution >= 4 is 0 Å². The molecule has 4 heteroatoms. The quantitative estimate of drug-likeness (QED) is 0.899. The van der Waals surface area contributed by atoms with Gasteiger partial charge in [-0.2, -0.15) is 5.10 Å². The molecule has 0 fully saturated rings. The van der Waals surface area contributed by atoms with Gasteiger partial charge in [0.25, 0.3) is 0 Å². The van der Waals surface area contributed by atoms with Crippen LogP contribution < -0.4 is 5.32 Å². The van der Waals surface area contributed by atoms with Gasteiger partial charge in [-0.05, 0) is 37.2 Å². The molecule has 1 aromatic carbocycles. The van der Waals surface area contributed by atoms with Crippen molar-refractivity contribution in [3.05, 3.63) is 53.1 Å². The molecule has 0 saturated carbocycles. The first-order chi connectivity index (χ1) is 8.60. The van der Waals surface area contributed by atoms with Crippen LogP contribution in [0.25, 0.3) is 0 Å². The molecule has 0 aliphatic carbocycles. The van der Waals surface area contributed by atoms with Gasteiger partial charge in [0.1, 0.15) is 5.82 Å². The van der Waals surface area contributed by atoms with E-state index in [4.69, 9.17) is 0 Å². The molecule has 0 radical (unpaired) electrons. The maximum absolute atomic E-state index is 13.3. The number of benzene rings is 1. The Labute approximate surface area is 107 Å². The standard InChI is InChI=1S/C14H18FN3/c1-10-8-11(4-5-13(10)15)14(16-2)9-12-6-7-18(3)17-12/h4-8,14,16H,9H2,1-3H3. The Balaban J connectivity index is 2.19. The van der Waals surface area contributed by atoms with E-state index in [-0.39, 0.29) is 11.9 Å². The van der Waals surface area contributed by atoms with Crippen LogP contribution in [0.3, 0.4) is 0 Å². The minimum atomic E-state index is -0.161. The average molecular weight is 247 g/mol. The zero-order valence-electron chi connectivity index (χ0n) is 10.9. The smallest absolute Gasteiger partial charge is 0.126 e. The second kappa shape index (κ2) is 5.31. The number of aromatic nitrogens is 2. The highest BCUT2D eigenvalue weighted by Gasteiger charge is 2.12. The lowest BCUT2D eigenvalue weighted by Gasteiger charge is -2.16. The second-order valence-electron chi connectivity index (χ2n) is 4.53. The maximum atomic E-state index is 13.3. The molecule has 3 nitrogen and oxygen atoms in total. The highest BCUT2D eigenvalue weighted by atomic mass is 19.1. The molecule has 1 unspecified atom stereocenters. The number of hydrogen-bond donors (Lipinski definition) is 1. The number of halogens is 1. The lowest BCUT2D eigenvalue weighted by atomic mass is 10.0. The monoisotopic (exact) mass is 247 g/mol. The summed E-state index contributed by atoms with van der Waals surface area (Å²) >= 11 is 0. The molecule has 1 atom stereocenters. The van der Waals surface area contributed by atoms with Crippen molar-refractivity contribution in [2.45, 2.75) is 19.4 Å². The van der Waals surface area contributed by atoms with Crippen LogP contribution in [0.2, 0.25) is 0 Å².